The predicted octanol–water partition coefficient (Wildman–Crippen LogP) is 15.6. The molecular weight excluding hydrogens is 673 g/mol. The van der Waals surface area contributed by atoms with Crippen LogP contribution in [0.25, 0.3) is 119 Å². The molecule has 12 aromatic rings. The van der Waals surface area contributed by atoms with Gasteiger partial charge >= 0.3 is 0 Å². The van der Waals surface area contributed by atoms with E-state index in [4.69, 9.17) is 4.42 Å². The molecule has 0 atom stereocenters. The van der Waals surface area contributed by atoms with Gasteiger partial charge in [0.05, 0.1) is 0 Å². The molecule has 1 nitrogen and oxygen atoms in total. The summed E-state index contributed by atoms with van der Waals surface area (Å²) in [5.74, 6) is 0. The number of thiophene rings is 1. The van der Waals surface area contributed by atoms with E-state index in [1.165, 1.54) is 107 Å². The second-order valence-corrected chi connectivity index (χ2v) is 15.5. The van der Waals surface area contributed by atoms with Crippen LogP contribution in [0.1, 0.15) is 0 Å². The summed E-state index contributed by atoms with van der Waals surface area (Å²) in [6.45, 7) is 0. The monoisotopic (exact) mass is 702 g/mol. The van der Waals surface area contributed by atoms with Crippen molar-refractivity contribution >= 4 is 96.5 Å². The largest absolute Gasteiger partial charge is 0.456 e. The van der Waals surface area contributed by atoms with Crippen LogP contribution in [0.15, 0.2) is 186 Å². The van der Waals surface area contributed by atoms with Gasteiger partial charge in [0.1, 0.15) is 11.2 Å². The summed E-state index contributed by atoms with van der Waals surface area (Å²) in [5, 5.41) is 14.8. The molecule has 0 aliphatic heterocycles. The molecule has 250 valence electrons. The molecule has 0 saturated carbocycles. The number of rotatable bonds is 3. The Kier molecular flexibility index (Phi) is 6.28. The quantitative estimate of drug-likeness (QED) is 0.167. The number of hydrogen-bond acceptors (Lipinski definition) is 2. The first-order chi connectivity index (χ1) is 26.7. The lowest BCUT2D eigenvalue weighted by molar-refractivity contribution is 0.670. The molecule has 54 heavy (non-hydrogen) atoms. The van der Waals surface area contributed by atoms with Gasteiger partial charge in [0.15, 0.2) is 0 Å². The van der Waals surface area contributed by atoms with E-state index in [0.29, 0.717) is 0 Å². The number of benzene rings is 10. The fourth-order valence-corrected chi connectivity index (χ4v) is 9.96. The summed E-state index contributed by atoms with van der Waals surface area (Å²) < 4.78 is 9.10. The minimum absolute atomic E-state index is 0.935. The highest BCUT2D eigenvalue weighted by Gasteiger charge is 2.19. The van der Waals surface area contributed by atoms with Crippen LogP contribution >= 0.6 is 11.3 Å². The minimum atomic E-state index is 0.935. The lowest BCUT2D eigenvalue weighted by Crippen LogP contribution is -1.91. The van der Waals surface area contributed by atoms with Crippen LogP contribution < -0.4 is 0 Å². The summed E-state index contributed by atoms with van der Waals surface area (Å²) in [6.07, 6.45) is 0. The Bertz CT molecular complexity index is 3440. The van der Waals surface area contributed by atoms with E-state index in [1.807, 2.05) is 11.3 Å². The predicted molar refractivity (Wildman–Crippen MR) is 233 cm³/mol. The number of furan rings is 1. The molecule has 0 aliphatic carbocycles. The highest BCUT2D eigenvalue weighted by molar-refractivity contribution is 7.25. The Hall–Kier alpha value is -6.74. The van der Waals surface area contributed by atoms with Gasteiger partial charge in [-0.3, -0.25) is 0 Å². The molecule has 0 amide bonds. The van der Waals surface area contributed by atoms with E-state index in [-0.39, 0.29) is 0 Å². The van der Waals surface area contributed by atoms with Crippen LogP contribution in [0.3, 0.4) is 0 Å². The van der Waals surface area contributed by atoms with Crippen LogP contribution in [0.5, 0.6) is 0 Å². The van der Waals surface area contributed by atoms with Gasteiger partial charge in [-0.2, -0.15) is 0 Å². The van der Waals surface area contributed by atoms with Gasteiger partial charge in [0, 0.05) is 30.9 Å². The first kappa shape index (κ1) is 29.8. The fourth-order valence-electron chi connectivity index (χ4n) is 8.85. The van der Waals surface area contributed by atoms with Crippen molar-refractivity contribution in [1.82, 2.24) is 0 Å². The van der Waals surface area contributed by atoms with Gasteiger partial charge in [-0.1, -0.05) is 133 Å². The molecule has 0 aliphatic rings. The smallest absolute Gasteiger partial charge is 0.136 e. The van der Waals surface area contributed by atoms with Crippen LogP contribution in [-0.2, 0) is 0 Å². The second-order valence-electron chi connectivity index (χ2n) is 14.4. The fraction of sp³-hybridized carbons (Fsp3) is 0. The van der Waals surface area contributed by atoms with Crippen molar-refractivity contribution in [1.29, 1.82) is 0 Å². The summed E-state index contributed by atoms with van der Waals surface area (Å²) in [7, 11) is 0. The summed E-state index contributed by atoms with van der Waals surface area (Å²) in [5.41, 5.74) is 9.36. The third-order valence-electron chi connectivity index (χ3n) is 11.4. The van der Waals surface area contributed by atoms with E-state index in [1.54, 1.807) is 0 Å². The molecule has 2 heteroatoms. The van der Waals surface area contributed by atoms with Crippen molar-refractivity contribution in [2.24, 2.45) is 0 Å². The van der Waals surface area contributed by atoms with Crippen molar-refractivity contribution in [2.45, 2.75) is 0 Å². The van der Waals surface area contributed by atoms with Crippen molar-refractivity contribution in [3.63, 3.8) is 0 Å². The Balaban J connectivity index is 1.05. The van der Waals surface area contributed by atoms with E-state index >= 15 is 0 Å². The zero-order valence-corrected chi connectivity index (χ0v) is 30.0. The summed E-state index contributed by atoms with van der Waals surface area (Å²) in [4.78, 5) is 0. The van der Waals surface area contributed by atoms with Crippen LogP contribution in [0.4, 0.5) is 0 Å². The molecule has 0 fully saturated rings. The van der Waals surface area contributed by atoms with E-state index in [2.05, 4.69) is 182 Å². The summed E-state index contributed by atoms with van der Waals surface area (Å²) in [6, 6.07) is 66.9. The molecule has 0 radical (unpaired) electrons. The van der Waals surface area contributed by atoms with Gasteiger partial charge in [-0.25, -0.2) is 0 Å². The van der Waals surface area contributed by atoms with Crippen LogP contribution in [0.2, 0.25) is 0 Å². The van der Waals surface area contributed by atoms with Crippen LogP contribution in [0, 0.1) is 0 Å². The van der Waals surface area contributed by atoms with E-state index < -0.39 is 0 Å². The lowest BCUT2D eigenvalue weighted by atomic mass is 9.85. The molecule has 0 spiro atoms. The topological polar surface area (TPSA) is 13.1 Å². The van der Waals surface area contributed by atoms with Gasteiger partial charge in [-0.05, 0) is 125 Å². The second kappa shape index (κ2) is 11.4. The highest BCUT2D eigenvalue weighted by atomic mass is 32.1. The van der Waals surface area contributed by atoms with Crippen molar-refractivity contribution in [3.8, 4) is 33.4 Å². The first-order valence-corrected chi connectivity index (χ1v) is 19.3. The maximum atomic E-state index is 6.53. The van der Waals surface area contributed by atoms with Crippen LogP contribution in [-0.4, -0.2) is 0 Å². The average Bonchev–Trinajstić information content (AvgIpc) is 3.76. The standard InChI is InChI=1S/C52H30OS/c1-2-10-31(11-3-1)34-18-19-36-25-37(21-20-35(36)24-34)51-39-14-6-8-16-41(39)52(42-17-9-7-15-40(42)51)38-22-23-49-45(27-38)46-29-48-44(30-50(46)54-49)43-26-32-12-4-5-13-33(32)28-47(43)53-48/h1-30H. The molecule has 2 aromatic heterocycles. The van der Waals surface area contributed by atoms with E-state index in [9.17, 15) is 0 Å². The molecular formula is C52H30OS. The third-order valence-corrected chi connectivity index (χ3v) is 12.5. The van der Waals surface area contributed by atoms with Gasteiger partial charge in [0.2, 0.25) is 0 Å². The van der Waals surface area contributed by atoms with Crippen molar-refractivity contribution in [3.05, 3.63) is 182 Å². The molecule has 10 aromatic carbocycles. The zero-order chi connectivity index (χ0) is 35.3. The minimum Gasteiger partial charge on any atom is -0.456 e. The zero-order valence-electron chi connectivity index (χ0n) is 29.1. The maximum Gasteiger partial charge on any atom is 0.136 e. The number of fused-ring (bicyclic) bond motifs is 10. The SMILES string of the molecule is c1ccc(-c2ccc3cc(-c4c5ccccc5c(-c5ccc6sc7cc8c(cc7c6c5)oc5cc6ccccc6cc58)c5ccccc45)ccc3c2)cc1. The normalized spacial score (nSPS) is 12.1. The Morgan fingerprint density at radius 1 is 0.278 bits per heavy atom. The van der Waals surface area contributed by atoms with Crippen molar-refractivity contribution in [2.75, 3.05) is 0 Å². The van der Waals surface area contributed by atoms with Gasteiger partial charge in [0.25, 0.3) is 0 Å². The Morgan fingerprint density at radius 2 is 0.778 bits per heavy atom. The first-order valence-electron chi connectivity index (χ1n) is 18.5. The third kappa shape index (κ3) is 4.44. The molecule has 0 bridgehead atoms. The molecule has 0 N–H and O–H groups in total. The average molecular weight is 703 g/mol. The molecule has 0 saturated heterocycles. The van der Waals surface area contributed by atoms with Gasteiger partial charge in [-0.15, -0.1) is 11.3 Å². The molecule has 0 unspecified atom stereocenters. The lowest BCUT2D eigenvalue weighted by Gasteiger charge is -2.18. The van der Waals surface area contributed by atoms with Crippen molar-refractivity contribution < 1.29 is 4.42 Å². The highest BCUT2D eigenvalue weighted by Crippen LogP contribution is 2.47. The molecule has 12 rings (SSSR count). The maximum absolute atomic E-state index is 6.53. The Morgan fingerprint density at radius 3 is 1.48 bits per heavy atom. The van der Waals surface area contributed by atoms with Gasteiger partial charge < -0.3 is 4.42 Å². The number of hydrogen-bond donors (Lipinski definition) is 0. The van der Waals surface area contributed by atoms with E-state index in [0.717, 1.165) is 11.2 Å². The summed E-state index contributed by atoms with van der Waals surface area (Å²) >= 11 is 1.86. The molecule has 2 heterocycles. The Labute approximate surface area is 314 Å².